The molecule has 4 rings (SSSR count). The quantitative estimate of drug-likeness (QED) is 0.481. The van der Waals surface area contributed by atoms with Gasteiger partial charge in [0.25, 0.3) is 9.84 Å². The number of hydrogen-bond acceptors (Lipinski definition) is 8. The Morgan fingerprint density at radius 3 is 2.33 bits per heavy atom. The maximum absolute atomic E-state index is 12.7. The van der Waals surface area contributed by atoms with Crippen LogP contribution in [0.25, 0.3) is 0 Å². The van der Waals surface area contributed by atoms with Crippen LogP contribution in [0.3, 0.4) is 0 Å². The second kappa shape index (κ2) is 12.3. The SMILES string of the molecule is CCCOC(=O)N1CCN(c2cncc(O[C@H]3CC[C@H](Nc4ccc(S(=O)(=O)C(F)(F)F)cc4)CC3)c2)CC1. The molecule has 1 aromatic heterocycles. The third-order valence-electron chi connectivity index (χ3n) is 6.85. The Morgan fingerprint density at radius 1 is 1.05 bits per heavy atom. The van der Waals surface area contributed by atoms with E-state index < -0.39 is 20.2 Å². The lowest BCUT2D eigenvalue weighted by Gasteiger charge is -2.35. The molecule has 1 aromatic carbocycles. The molecule has 1 aliphatic heterocycles. The highest BCUT2D eigenvalue weighted by Crippen LogP contribution is 2.32. The van der Waals surface area contributed by atoms with E-state index in [1.165, 1.54) is 12.1 Å². The third-order valence-corrected chi connectivity index (χ3v) is 8.35. The Balaban J connectivity index is 1.24. The van der Waals surface area contributed by atoms with E-state index in [0.717, 1.165) is 49.9 Å². The van der Waals surface area contributed by atoms with E-state index in [1.54, 1.807) is 17.3 Å². The standard InChI is InChI=1S/C26H33F3N4O5S/c1-2-15-37-25(34)33-13-11-32(12-14-33)21-16-23(18-30-17-21)38-22-7-3-19(4-8-22)31-20-5-9-24(10-6-20)39(35,36)26(27,28)29/h5-6,9-10,16-19,22,31H,2-4,7-8,11-15H2,1H3/t19-,22-. The average Bonchev–Trinajstić information content (AvgIpc) is 2.93. The fraction of sp³-hybridized carbons (Fsp3) is 0.538. The predicted octanol–water partition coefficient (Wildman–Crippen LogP) is 4.85. The van der Waals surface area contributed by atoms with Crippen molar-refractivity contribution in [1.29, 1.82) is 0 Å². The number of aromatic nitrogens is 1. The summed E-state index contributed by atoms with van der Waals surface area (Å²) in [6.07, 6.45) is 7.12. The molecule has 0 unspecified atom stereocenters. The average molecular weight is 571 g/mol. The van der Waals surface area contributed by atoms with Crippen molar-refractivity contribution in [2.75, 3.05) is 43.0 Å². The van der Waals surface area contributed by atoms with Crippen molar-refractivity contribution in [3.63, 3.8) is 0 Å². The maximum atomic E-state index is 12.7. The summed E-state index contributed by atoms with van der Waals surface area (Å²) in [5, 5.41) is 3.27. The Labute approximate surface area is 226 Å². The highest BCUT2D eigenvalue weighted by molar-refractivity contribution is 7.92. The van der Waals surface area contributed by atoms with Gasteiger partial charge in [-0.1, -0.05) is 6.92 Å². The first-order valence-corrected chi connectivity index (χ1v) is 14.5. The van der Waals surface area contributed by atoms with Gasteiger partial charge in [0.15, 0.2) is 0 Å². The molecule has 0 radical (unpaired) electrons. The number of ether oxygens (including phenoxy) is 2. The van der Waals surface area contributed by atoms with E-state index in [-0.39, 0.29) is 18.2 Å². The zero-order valence-electron chi connectivity index (χ0n) is 21.7. The number of benzene rings is 1. The number of piperazine rings is 1. The number of nitrogens with zero attached hydrogens (tertiary/aromatic N) is 3. The van der Waals surface area contributed by atoms with E-state index >= 15 is 0 Å². The molecule has 2 heterocycles. The molecular formula is C26H33F3N4O5S. The van der Waals surface area contributed by atoms with Crippen LogP contribution in [-0.2, 0) is 14.6 Å². The van der Waals surface area contributed by atoms with Crippen molar-refractivity contribution in [3.8, 4) is 5.75 Å². The number of nitrogens with one attached hydrogen (secondary N) is 1. The zero-order chi connectivity index (χ0) is 28.0. The van der Waals surface area contributed by atoms with Crippen molar-refractivity contribution in [1.82, 2.24) is 9.88 Å². The first-order valence-electron chi connectivity index (χ1n) is 13.0. The van der Waals surface area contributed by atoms with Crippen molar-refractivity contribution in [2.24, 2.45) is 0 Å². The summed E-state index contributed by atoms with van der Waals surface area (Å²) >= 11 is 0. The molecule has 0 atom stereocenters. The first-order chi connectivity index (χ1) is 18.6. The van der Waals surface area contributed by atoms with Crippen molar-refractivity contribution in [2.45, 2.75) is 61.6 Å². The molecule has 1 amide bonds. The van der Waals surface area contributed by atoms with Gasteiger partial charge >= 0.3 is 11.6 Å². The van der Waals surface area contributed by atoms with Crippen molar-refractivity contribution >= 4 is 27.3 Å². The van der Waals surface area contributed by atoms with Gasteiger partial charge in [-0.15, -0.1) is 0 Å². The molecule has 9 nitrogen and oxygen atoms in total. The Hall–Kier alpha value is -3.22. The summed E-state index contributed by atoms with van der Waals surface area (Å²) in [7, 11) is -5.36. The van der Waals surface area contributed by atoms with Crippen molar-refractivity contribution < 1.29 is 35.9 Å². The Morgan fingerprint density at radius 2 is 1.72 bits per heavy atom. The highest BCUT2D eigenvalue weighted by atomic mass is 32.2. The summed E-state index contributed by atoms with van der Waals surface area (Å²) < 4.78 is 72.7. The van der Waals surface area contributed by atoms with Gasteiger partial charge in [-0.3, -0.25) is 4.98 Å². The Bertz CT molecular complexity index is 1210. The van der Waals surface area contributed by atoms with E-state index in [9.17, 15) is 26.4 Å². The second-order valence-corrected chi connectivity index (χ2v) is 11.6. The molecule has 1 saturated heterocycles. The van der Waals surface area contributed by atoms with Crippen LogP contribution in [0.1, 0.15) is 39.0 Å². The summed E-state index contributed by atoms with van der Waals surface area (Å²) in [5.74, 6) is 0.676. The van der Waals surface area contributed by atoms with Gasteiger partial charge < -0.3 is 24.6 Å². The number of amides is 1. The Kier molecular flexibility index (Phi) is 9.08. The van der Waals surface area contributed by atoms with Crippen LogP contribution in [0.5, 0.6) is 5.75 Å². The van der Waals surface area contributed by atoms with Gasteiger partial charge in [-0.25, -0.2) is 13.2 Å². The fourth-order valence-corrected chi connectivity index (χ4v) is 5.45. The lowest BCUT2D eigenvalue weighted by atomic mass is 9.92. The van der Waals surface area contributed by atoms with Gasteiger partial charge in [-0.05, 0) is 56.4 Å². The van der Waals surface area contributed by atoms with Crippen LogP contribution in [-0.4, -0.2) is 74.8 Å². The van der Waals surface area contributed by atoms with Gasteiger partial charge in [0, 0.05) is 44.0 Å². The van der Waals surface area contributed by atoms with Crippen molar-refractivity contribution in [3.05, 3.63) is 42.7 Å². The van der Waals surface area contributed by atoms with E-state index in [4.69, 9.17) is 9.47 Å². The van der Waals surface area contributed by atoms with Crippen LogP contribution in [0.2, 0.25) is 0 Å². The van der Waals surface area contributed by atoms with Crippen LogP contribution in [0, 0.1) is 0 Å². The number of halogens is 3. The third kappa shape index (κ3) is 7.25. The molecule has 0 spiro atoms. The summed E-state index contributed by atoms with van der Waals surface area (Å²) in [4.78, 5) is 19.5. The first kappa shape index (κ1) is 28.8. The molecule has 1 saturated carbocycles. The summed E-state index contributed by atoms with van der Waals surface area (Å²) in [6.45, 7) is 4.88. The monoisotopic (exact) mass is 570 g/mol. The number of carbonyl (C=O) groups is 1. The smallest absolute Gasteiger partial charge is 0.489 e. The number of anilines is 2. The van der Waals surface area contributed by atoms with E-state index in [2.05, 4.69) is 15.2 Å². The minimum atomic E-state index is -5.36. The molecule has 13 heteroatoms. The van der Waals surface area contributed by atoms with Crippen LogP contribution in [0.4, 0.5) is 29.3 Å². The largest absolute Gasteiger partial charge is 0.501 e. The number of rotatable bonds is 8. The predicted molar refractivity (Wildman–Crippen MR) is 140 cm³/mol. The fourth-order valence-electron chi connectivity index (χ4n) is 4.69. The molecule has 214 valence electrons. The van der Waals surface area contributed by atoms with Crippen LogP contribution >= 0.6 is 0 Å². The molecule has 1 N–H and O–H groups in total. The van der Waals surface area contributed by atoms with Crippen LogP contribution < -0.4 is 15.0 Å². The molecule has 2 aliphatic rings. The van der Waals surface area contributed by atoms with Crippen LogP contribution in [0.15, 0.2) is 47.6 Å². The minimum absolute atomic E-state index is 0.00425. The maximum Gasteiger partial charge on any atom is 0.501 e. The number of hydrogen-bond donors (Lipinski definition) is 1. The molecule has 2 fully saturated rings. The van der Waals surface area contributed by atoms with E-state index in [1.807, 2.05) is 13.0 Å². The minimum Gasteiger partial charge on any atom is -0.489 e. The molecular weight excluding hydrogens is 537 g/mol. The van der Waals surface area contributed by atoms with Gasteiger partial charge in [-0.2, -0.15) is 13.2 Å². The normalized spacial score (nSPS) is 20.4. The molecule has 1 aliphatic carbocycles. The lowest BCUT2D eigenvalue weighted by Crippen LogP contribution is -2.49. The number of carbonyl (C=O) groups excluding carboxylic acids is 1. The highest BCUT2D eigenvalue weighted by Gasteiger charge is 2.46. The number of sulfone groups is 1. The lowest BCUT2D eigenvalue weighted by molar-refractivity contribution is -0.0436. The number of pyridine rings is 1. The second-order valence-electron chi connectivity index (χ2n) is 9.68. The summed E-state index contributed by atoms with van der Waals surface area (Å²) in [5.41, 5.74) is -3.83. The van der Waals surface area contributed by atoms with E-state index in [0.29, 0.717) is 44.2 Å². The molecule has 39 heavy (non-hydrogen) atoms. The summed E-state index contributed by atoms with van der Waals surface area (Å²) in [6, 6.07) is 6.70. The topological polar surface area (TPSA) is 101 Å². The van der Waals surface area contributed by atoms with Gasteiger partial charge in [0.05, 0.1) is 35.7 Å². The van der Waals surface area contributed by atoms with Gasteiger partial charge in [0.2, 0.25) is 0 Å². The number of alkyl halides is 3. The zero-order valence-corrected chi connectivity index (χ0v) is 22.5. The van der Waals surface area contributed by atoms with Gasteiger partial charge in [0.1, 0.15) is 5.75 Å². The molecule has 2 aromatic rings. The molecule has 0 bridgehead atoms.